The fraction of sp³-hybridized carbons (Fsp3) is 0.158. The molecule has 0 bridgehead atoms. The molecule has 0 spiro atoms. The number of carbonyl (C=O) groups excluding carboxylic acids is 1. The van der Waals surface area contributed by atoms with E-state index in [1.165, 1.54) is 0 Å². The third kappa shape index (κ3) is 4.00. The number of nitrogens with one attached hydrogen (secondary N) is 1. The highest BCUT2D eigenvalue weighted by molar-refractivity contribution is 7.10. The number of aromatic nitrogens is 1. The van der Waals surface area contributed by atoms with E-state index in [0.29, 0.717) is 18.0 Å². The van der Waals surface area contributed by atoms with Crippen LogP contribution in [0, 0.1) is 0 Å². The second kappa shape index (κ2) is 7.75. The zero-order valence-corrected chi connectivity index (χ0v) is 14.1. The number of benzene rings is 1. The Labute approximate surface area is 145 Å². The first-order valence-electron chi connectivity index (χ1n) is 7.70. The average molecular weight is 338 g/mol. The summed E-state index contributed by atoms with van der Waals surface area (Å²) in [5.74, 6) is 0.384. The molecule has 0 fully saturated rings. The van der Waals surface area contributed by atoms with Gasteiger partial charge in [0.2, 0.25) is 5.91 Å². The van der Waals surface area contributed by atoms with Crippen LogP contribution < -0.4 is 10.1 Å². The topological polar surface area (TPSA) is 51.2 Å². The average Bonchev–Trinajstić information content (AvgIpc) is 3.16. The number of anilines is 1. The van der Waals surface area contributed by atoms with E-state index in [1.54, 1.807) is 17.5 Å². The van der Waals surface area contributed by atoms with E-state index in [-0.39, 0.29) is 11.8 Å². The number of pyridine rings is 1. The van der Waals surface area contributed by atoms with Crippen molar-refractivity contribution < 1.29 is 9.53 Å². The molecule has 1 amide bonds. The van der Waals surface area contributed by atoms with E-state index in [2.05, 4.69) is 10.3 Å². The lowest BCUT2D eigenvalue weighted by molar-refractivity contribution is -0.117. The van der Waals surface area contributed by atoms with Crippen LogP contribution in [-0.2, 0) is 11.4 Å². The van der Waals surface area contributed by atoms with Crippen LogP contribution in [0.25, 0.3) is 0 Å². The maximum absolute atomic E-state index is 12.5. The molecular weight excluding hydrogens is 320 g/mol. The zero-order chi connectivity index (χ0) is 16.8. The maximum Gasteiger partial charge on any atom is 0.232 e. The van der Waals surface area contributed by atoms with Gasteiger partial charge < -0.3 is 10.1 Å². The Morgan fingerprint density at radius 2 is 2.00 bits per heavy atom. The predicted octanol–water partition coefficient (Wildman–Crippen LogP) is 4.46. The Morgan fingerprint density at radius 1 is 1.17 bits per heavy atom. The number of rotatable bonds is 6. The molecule has 3 rings (SSSR count). The van der Waals surface area contributed by atoms with Crippen LogP contribution in [-0.4, -0.2) is 10.9 Å². The second-order valence-corrected chi connectivity index (χ2v) is 6.31. The standard InChI is InChI=1S/C19H18N2O2S/c1-14(18-10-6-12-24-18)19(22)21-16-8-2-3-9-17(16)23-13-15-7-4-5-11-20-15/h2-12,14H,13H2,1H3,(H,21,22)/t14-/m0/s1. The number of amides is 1. The quantitative estimate of drug-likeness (QED) is 0.722. The first-order chi connectivity index (χ1) is 11.7. The van der Waals surface area contributed by atoms with Crippen LogP contribution in [0.3, 0.4) is 0 Å². The Hall–Kier alpha value is -2.66. The molecule has 3 aromatic rings. The monoisotopic (exact) mass is 338 g/mol. The highest BCUT2D eigenvalue weighted by atomic mass is 32.1. The number of carbonyl (C=O) groups is 1. The Morgan fingerprint density at radius 3 is 2.75 bits per heavy atom. The van der Waals surface area contributed by atoms with Gasteiger partial charge in [-0.15, -0.1) is 11.3 Å². The van der Waals surface area contributed by atoms with Crippen molar-refractivity contribution in [3.63, 3.8) is 0 Å². The van der Waals surface area contributed by atoms with Gasteiger partial charge in [0.05, 0.1) is 17.3 Å². The van der Waals surface area contributed by atoms with Crippen molar-refractivity contribution in [2.75, 3.05) is 5.32 Å². The molecular formula is C19H18N2O2S. The van der Waals surface area contributed by atoms with Gasteiger partial charge in [0.15, 0.2) is 0 Å². The summed E-state index contributed by atoms with van der Waals surface area (Å²) < 4.78 is 5.82. The molecule has 0 aliphatic heterocycles. The highest BCUT2D eigenvalue weighted by Gasteiger charge is 2.17. The van der Waals surface area contributed by atoms with Crippen molar-refractivity contribution in [1.29, 1.82) is 0 Å². The largest absolute Gasteiger partial charge is 0.485 e. The van der Waals surface area contributed by atoms with Gasteiger partial charge in [0.1, 0.15) is 12.4 Å². The second-order valence-electron chi connectivity index (χ2n) is 5.33. The van der Waals surface area contributed by atoms with Crippen LogP contribution in [0.2, 0.25) is 0 Å². The summed E-state index contributed by atoms with van der Waals surface area (Å²) in [4.78, 5) is 17.7. The van der Waals surface area contributed by atoms with Crippen molar-refractivity contribution in [1.82, 2.24) is 4.98 Å². The Bertz CT molecular complexity index is 788. The number of para-hydroxylation sites is 2. The molecule has 0 aliphatic carbocycles. The van der Waals surface area contributed by atoms with Crippen molar-refractivity contribution in [3.05, 3.63) is 76.7 Å². The van der Waals surface area contributed by atoms with Gasteiger partial charge in [0, 0.05) is 11.1 Å². The molecule has 24 heavy (non-hydrogen) atoms. The molecule has 0 aliphatic rings. The zero-order valence-electron chi connectivity index (χ0n) is 13.3. The van der Waals surface area contributed by atoms with Gasteiger partial charge in [-0.3, -0.25) is 9.78 Å². The van der Waals surface area contributed by atoms with Gasteiger partial charge >= 0.3 is 0 Å². The molecule has 5 heteroatoms. The summed E-state index contributed by atoms with van der Waals surface area (Å²) in [5, 5.41) is 4.93. The van der Waals surface area contributed by atoms with E-state index in [4.69, 9.17) is 4.74 Å². The van der Waals surface area contributed by atoms with Crippen LogP contribution in [0.15, 0.2) is 66.2 Å². The van der Waals surface area contributed by atoms with Crippen LogP contribution in [0.5, 0.6) is 5.75 Å². The molecule has 1 atom stereocenters. The molecule has 2 aromatic heterocycles. The SMILES string of the molecule is C[C@H](C(=O)Nc1ccccc1OCc1ccccn1)c1cccs1. The summed E-state index contributed by atoms with van der Waals surface area (Å²) in [7, 11) is 0. The predicted molar refractivity (Wildman–Crippen MR) is 96.4 cm³/mol. The van der Waals surface area contributed by atoms with Gasteiger partial charge in [-0.05, 0) is 42.6 Å². The Kier molecular flexibility index (Phi) is 5.23. The lowest BCUT2D eigenvalue weighted by atomic mass is 10.1. The summed E-state index contributed by atoms with van der Waals surface area (Å²) in [6, 6.07) is 17.0. The van der Waals surface area contributed by atoms with E-state index in [9.17, 15) is 4.79 Å². The first kappa shape index (κ1) is 16.2. The summed E-state index contributed by atoms with van der Waals surface area (Å²) >= 11 is 1.58. The fourth-order valence-electron chi connectivity index (χ4n) is 2.24. The molecule has 122 valence electrons. The molecule has 1 aromatic carbocycles. The molecule has 0 unspecified atom stereocenters. The van der Waals surface area contributed by atoms with E-state index in [1.807, 2.05) is 66.9 Å². The van der Waals surface area contributed by atoms with E-state index >= 15 is 0 Å². The minimum absolute atomic E-state index is 0.0497. The van der Waals surface area contributed by atoms with Crippen LogP contribution in [0.4, 0.5) is 5.69 Å². The van der Waals surface area contributed by atoms with Gasteiger partial charge in [0.25, 0.3) is 0 Å². The minimum atomic E-state index is -0.200. The fourth-order valence-corrected chi connectivity index (χ4v) is 3.02. The molecule has 0 saturated carbocycles. The Balaban J connectivity index is 1.68. The van der Waals surface area contributed by atoms with Crippen molar-refractivity contribution in [2.45, 2.75) is 19.4 Å². The molecule has 4 nitrogen and oxygen atoms in total. The van der Waals surface area contributed by atoms with Crippen molar-refractivity contribution in [3.8, 4) is 5.75 Å². The smallest absolute Gasteiger partial charge is 0.232 e. The summed E-state index contributed by atoms with van der Waals surface area (Å²) in [5.41, 5.74) is 1.51. The van der Waals surface area contributed by atoms with E-state index < -0.39 is 0 Å². The van der Waals surface area contributed by atoms with Gasteiger partial charge in [-0.2, -0.15) is 0 Å². The lowest BCUT2D eigenvalue weighted by Crippen LogP contribution is -2.18. The minimum Gasteiger partial charge on any atom is -0.485 e. The van der Waals surface area contributed by atoms with Crippen LogP contribution >= 0.6 is 11.3 Å². The third-order valence-electron chi connectivity index (χ3n) is 3.61. The molecule has 0 saturated heterocycles. The van der Waals surface area contributed by atoms with Gasteiger partial charge in [-0.1, -0.05) is 24.3 Å². The van der Waals surface area contributed by atoms with E-state index in [0.717, 1.165) is 10.6 Å². The molecule has 2 heterocycles. The molecule has 1 N–H and O–H groups in total. The molecule has 0 radical (unpaired) electrons. The first-order valence-corrected chi connectivity index (χ1v) is 8.58. The number of nitrogens with zero attached hydrogens (tertiary/aromatic N) is 1. The number of hydrogen-bond acceptors (Lipinski definition) is 4. The highest BCUT2D eigenvalue weighted by Crippen LogP contribution is 2.27. The number of hydrogen-bond donors (Lipinski definition) is 1. The van der Waals surface area contributed by atoms with Crippen LogP contribution in [0.1, 0.15) is 23.4 Å². The lowest BCUT2D eigenvalue weighted by Gasteiger charge is -2.14. The third-order valence-corrected chi connectivity index (χ3v) is 4.66. The number of thiophene rings is 1. The maximum atomic E-state index is 12.5. The summed E-state index contributed by atoms with van der Waals surface area (Å²) in [6.45, 7) is 2.26. The van der Waals surface area contributed by atoms with Gasteiger partial charge in [-0.25, -0.2) is 0 Å². The summed E-state index contributed by atoms with van der Waals surface area (Å²) in [6.07, 6.45) is 1.73. The van der Waals surface area contributed by atoms with Crippen molar-refractivity contribution >= 4 is 22.9 Å². The normalized spacial score (nSPS) is 11.7. The van der Waals surface area contributed by atoms with Crippen molar-refractivity contribution in [2.24, 2.45) is 0 Å². The number of ether oxygens (including phenoxy) is 1.